The van der Waals surface area contributed by atoms with E-state index in [0.717, 1.165) is 21.3 Å². The van der Waals surface area contributed by atoms with Gasteiger partial charge in [0, 0.05) is 5.56 Å². The molecule has 4 heteroatoms. The van der Waals surface area contributed by atoms with E-state index >= 15 is 0 Å². The molecule has 2 aromatic rings. The van der Waals surface area contributed by atoms with Crippen molar-refractivity contribution in [3.63, 3.8) is 0 Å². The Morgan fingerprint density at radius 2 is 1.88 bits per heavy atom. The number of nitrogens with two attached hydrogens (primary N) is 1. The second-order valence-electron chi connectivity index (χ2n) is 4.90. The van der Waals surface area contributed by atoms with Crippen LogP contribution in [0.3, 0.4) is 0 Å². The maximum absolute atomic E-state index is 14.5. The minimum atomic E-state index is -0.0915. The van der Waals surface area contributed by atoms with Crippen molar-refractivity contribution in [2.45, 2.75) is 39.5 Å². The van der Waals surface area contributed by atoms with Crippen LogP contribution in [0.15, 0.2) is 6.07 Å². The van der Waals surface area contributed by atoms with Gasteiger partial charge in [-0.1, -0.05) is 39.0 Å². The van der Waals surface area contributed by atoms with Gasteiger partial charge in [0.05, 0.1) is 10.2 Å². The van der Waals surface area contributed by atoms with Gasteiger partial charge in [0.25, 0.3) is 0 Å². The van der Waals surface area contributed by atoms with Crippen LogP contribution in [-0.2, 0) is 0 Å². The molecule has 0 fully saturated rings. The van der Waals surface area contributed by atoms with Crippen molar-refractivity contribution in [3.05, 3.63) is 23.0 Å². The van der Waals surface area contributed by atoms with Crippen molar-refractivity contribution in [2.24, 2.45) is 0 Å². The Kier molecular flexibility index (Phi) is 3.08. The average Bonchev–Trinajstić information content (AvgIpc) is 2.55. The lowest BCUT2D eigenvalue weighted by molar-refractivity contribution is 0.576. The number of nitrogens with zero attached hydrogens (tertiary/aromatic N) is 1. The van der Waals surface area contributed by atoms with Crippen LogP contribution in [0, 0.1) is 5.82 Å². The lowest BCUT2D eigenvalue weighted by Crippen LogP contribution is -2.01. The second kappa shape index (κ2) is 4.26. The van der Waals surface area contributed by atoms with Gasteiger partial charge in [-0.3, -0.25) is 0 Å². The molecule has 0 spiro atoms. The molecule has 1 aromatic heterocycles. The number of rotatable bonds is 2. The number of anilines is 1. The molecule has 0 amide bonds. The fraction of sp³-hybridized carbons (Fsp3) is 0.462. The monoisotopic (exact) mass is 252 g/mol. The van der Waals surface area contributed by atoms with Crippen LogP contribution in [-0.4, -0.2) is 4.98 Å². The van der Waals surface area contributed by atoms with Gasteiger partial charge >= 0.3 is 0 Å². The third kappa shape index (κ3) is 2.02. The summed E-state index contributed by atoms with van der Waals surface area (Å²) in [7, 11) is 0. The number of hydrogen-bond acceptors (Lipinski definition) is 3. The number of fused-ring (bicyclic) bond motifs is 1. The summed E-state index contributed by atoms with van der Waals surface area (Å²) < 4.78 is 15.3. The van der Waals surface area contributed by atoms with E-state index in [1.165, 1.54) is 11.3 Å². The van der Waals surface area contributed by atoms with Crippen LogP contribution in [0.25, 0.3) is 10.2 Å². The number of benzene rings is 1. The summed E-state index contributed by atoms with van der Waals surface area (Å²) in [6.45, 7) is 7.98. The highest BCUT2D eigenvalue weighted by Crippen LogP contribution is 2.37. The highest BCUT2D eigenvalue weighted by Gasteiger charge is 2.20. The lowest BCUT2D eigenvalue weighted by Gasteiger charge is -2.14. The molecule has 1 aromatic carbocycles. The van der Waals surface area contributed by atoms with Gasteiger partial charge in [0.15, 0.2) is 5.13 Å². The van der Waals surface area contributed by atoms with Crippen molar-refractivity contribution < 1.29 is 4.39 Å². The van der Waals surface area contributed by atoms with Crippen LogP contribution < -0.4 is 5.73 Å². The summed E-state index contributed by atoms with van der Waals surface area (Å²) in [4.78, 5) is 4.27. The van der Waals surface area contributed by atoms with E-state index in [2.05, 4.69) is 4.98 Å². The van der Waals surface area contributed by atoms with Crippen LogP contribution in [0.5, 0.6) is 0 Å². The van der Waals surface area contributed by atoms with Crippen molar-refractivity contribution >= 4 is 26.7 Å². The smallest absolute Gasteiger partial charge is 0.181 e. The summed E-state index contributed by atoms with van der Waals surface area (Å²) in [5.41, 5.74) is 8.02. The molecule has 17 heavy (non-hydrogen) atoms. The van der Waals surface area contributed by atoms with Gasteiger partial charge in [-0.05, 0) is 23.5 Å². The first-order valence-corrected chi connectivity index (χ1v) is 6.61. The number of nitrogen functional groups attached to an aromatic ring is 1. The van der Waals surface area contributed by atoms with E-state index < -0.39 is 0 Å². The minimum absolute atomic E-state index is 0.0915. The molecule has 0 unspecified atom stereocenters. The van der Waals surface area contributed by atoms with Gasteiger partial charge in [-0.15, -0.1) is 0 Å². The molecule has 0 aliphatic carbocycles. The molecular formula is C13H17FN2S. The largest absolute Gasteiger partial charge is 0.375 e. The zero-order valence-electron chi connectivity index (χ0n) is 10.5. The number of thiazole rings is 1. The average molecular weight is 252 g/mol. The van der Waals surface area contributed by atoms with Crippen LogP contribution in [0.2, 0.25) is 0 Å². The Morgan fingerprint density at radius 3 is 2.41 bits per heavy atom. The first kappa shape index (κ1) is 12.3. The first-order valence-electron chi connectivity index (χ1n) is 5.80. The highest BCUT2D eigenvalue weighted by atomic mass is 32.1. The second-order valence-corrected chi connectivity index (χ2v) is 5.93. The SMILES string of the molecule is CC(C)c1cc2nc(N)sc2c(C(C)C)c1F. The van der Waals surface area contributed by atoms with Crippen molar-refractivity contribution in [3.8, 4) is 0 Å². The Labute approximate surface area is 105 Å². The number of aromatic nitrogens is 1. The van der Waals surface area contributed by atoms with Crippen molar-refractivity contribution in [1.29, 1.82) is 0 Å². The summed E-state index contributed by atoms with van der Waals surface area (Å²) in [5, 5.41) is 0.502. The molecule has 0 aliphatic rings. The fourth-order valence-corrected chi connectivity index (χ4v) is 3.04. The quantitative estimate of drug-likeness (QED) is 0.867. The summed E-state index contributed by atoms with van der Waals surface area (Å²) in [6.07, 6.45) is 0. The molecule has 0 atom stereocenters. The molecule has 2 N–H and O–H groups in total. The first-order chi connectivity index (χ1) is 7.91. The zero-order valence-corrected chi connectivity index (χ0v) is 11.4. The molecule has 0 bridgehead atoms. The summed E-state index contributed by atoms with van der Waals surface area (Å²) in [6, 6.07) is 1.83. The zero-order chi connectivity index (χ0) is 12.7. The van der Waals surface area contributed by atoms with Crippen LogP contribution in [0.1, 0.15) is 50.7 Å². The molecule has 0 aliphatic heterocycles. The Morgan fingerprint density at radius 1 is 1.24 bits per heavy atom. The van der Waals surface area contributed by atoms with Crippen molar-refractivity contribution in [2.75, 3.05) is 5.73 Å². The molecular weight excluding hydrogens is 235 g/mol. The topological polar surface area (TPSA) is 38.9 Å². The Balaban J connectivity index is 2.84. The van der Waals surface area contributed by atoms with Gasteiger partial charge in [-0.2, -0.15) is 0 Å². The van der Waals surface area contributed by atoms with E-state index in [0.29, 0.717) is 5.13 Å². The Bertz CT molecular complexity index is 558. The molecule has 92 valence electrons. The van der Waals surface area contributed by atoms with Gasteiger partial charge in [0.2, 0.25) is 0 Å². The van der Waals surface area contributed by atoms with E-state index in [-0.39, 0.29) is 17.7 Å². The standard InChI is InChI=1S/C13H17FN2S/c1-6(2)8-5-9-12(17-13(15)16-9)10(7(3)4)11(8)14/h5-7H,1-4H3,(H2,15,16). The summed E-state index contributed by atoms with van der Waals surface area (Å²) in [5.74, 6) is 0.196. The van der Waals surface area contributed by atoms with E-state index in [1.807, 2.05) is 33.8 Å². The maximum Gasteiger partial charge on any atom is 0.181 e. The minimum Gasteiger partial charge on any atom is -0.375 e. The summed E-state index contributed by atoms with van der Waals surface area (Å²) >= 11 is 1.37. The van der Waals surface area contributed by atoms with E-state index in [4.69, 9.17) is 5.73 Å². The van der Waals surface area contributed by atoms with Gasteiger partial charge in [-0.25, -0.2) is 9.37 Å². The number of hydrogen-bond donors (Lipinski definition) is 1. The maximum atomic E-state index is 14.5. The predicted octanol–water partition coefficient (Wildman–Crippen LogP) is 4.26. The van der Waals surface area contributed by atoms with E-state index in [9.17, 15) is 4.39 Å². The van der Waals surface area contributed by atoms with Crippen molar-refractivity contribution in [1.82, 2.24) is 4.98 Å². The third-order valence-electron chi connectivity index (χ3n) is 2.90. The molecule has 2 rings (SSSR count). The normalized spacial score (nSPS) is 11.9. The third-order valence-corrected chi connectivity index (χ3v) is 3.83. The molecule has 1 heterocycles. The highest BCUT2D eigenvalue weighted by molar-refractivity contribution is 7.22. The molecule has 0 saturated carbocycles. The number of halogens is 1. The predicted molar refractivity (Wildman–Crippen MR) is 72.2 cm³/mol. The van der Waals surface area contributed by atoms with Gasteiger partial charge in [0.1, 0.15) is 5.82 Å². The molecule has 2 nitrogen and oxygen atoms in total. The Hall–Kier alpha value is -1.16. The van der Waals surface area contributed by atoms with Crippen LogP contribution in [0.4, 0.5) is 9.52 Å². The van der Waals surface area contributed by atoms with E-state index in [1.54, 1.807) is 0 Å². The lowest BCUT2D eigenvalue weighted by atomic mass is 9.94. The molecule has 0 radical (unpaired) electrons. The fourth-order valence-electron chi connectivity index (χ4n) is 2.04. The molecule has 0 saturated heterocycles. The van der Waals surface area contributed by atoms with Crippen LogP contribution >= 0.6 is 11.3 Å². The van der Waals surface area contributed by atoms with Gasteiger partial charge < -0.3 is 5.73 Å².